The lowest BCUT2D eigenvalue weighted by atomic mass is 9.86. The maximum absolute atomic E-state index is 14.1. The molecule has 0 amide bonds. The van der Waals surface area contributed by atoms with Gasteiger partial charge in [0.25, 0.3) is 10.0 Å². The molecule has 0 bridgehead atoms. The van der Waals surface area contributed by atoms with Gasteiger partial charge in [0.05, 0.1) is 5.52 Å². The van der Waals surface area contributed by atoms with Crippen LogP contribution in [0.3, 0.4) is 0 Å². The van der Waals surface area contributed by atoms with Crippen LogP contribution in [-0.2, 0) is 22.9 Å². The Bertz CT molecular complexity index is 1140. The number of nitrogens with zero attached hydrogens (tertiary/aromatic N) is 2. The van der Waals surface area contributed by atoms with E-state index in [0.29, 0.717) is 17.6 Å². The second-order valence-electron chi connectivity index (χ2n) is 7.19. The molecule has 0 radical (unpaired) electrons. The Hall–Kier alpha value is -2.25. The SMILES string of the molecule is CN(C)C1CCc2ccc3c(ccn3S(=O)(=O)c3ccc(F)cc3F)c2C1. The largest absolute Gasteiger partial charge is 0.306 e. The van der Waals surface area contributed by atoms with Crippen molar-refractivity contribution in [3.8, 4) is 0 Å². The number of hydrogen-bond acceptors (Lipinski definition) is 3. The fourth-order valence-corrected chi connectivity index (χ4v) is 5.27. The molecule has 4 rings (SSSR count). The number of halogens is 2. The van der Waals surface area contributed by atoms with E-state index >= 15 is 0 Å². The second-order valence-corrected chi connectivity index (χ2v) is 8.97. The summed E-state index contributed by atoms with van der Waals surface area (Å²) < 4.78 is 54.3. The first-order valence-corrected chi connectivity index (χ1v) is 10.2. The van der Waals surface area contributed by atoms with Gasteiger partial charge in [0, 0.05) is 23.7 Å². The molecule has 0 fully saturated rings. The van der Waals surface area contributed by atoms with E-state index in [2.05, 4.69) is 4.90 Å². The highest BCUT2D eigenvalue weighted by Crippen LogP contribution is 2.33. The van der Waals surface area contributed by atoms with Crippen molar-refractivity contribution in [1.82, 2.24) is 8.87 Å². The number of benzene rings is 2. The van der Waals surface area contributed by atoms with Crippen LogP contribution in [0.1, 0.15) is 17.5 Å². The summed E-state index contributed by atoms with van der Waals surface area (Å²) in [4.78, 5) is 1.65. The van der Waals surface area contributed by atoms with Crippen LogP contribution in [0.4, 0.5) is 8.78 Å². The van der Waals surface area contributed by atoms with Crippen LogP contribution in [-0.4, -0.2) is 37.4 Å². The third-order valence-electron chi connectivity index (χ3n) is 5.39. The molecule has 1 aromatic heterocycles. The summed E-state index contributed by atoms with van der Waals surface area (Å²) in [5.41, 5.74) is 2.88. The molecular weight excluding hydrogens is 370 g/mol. The Kier molecular flexibility index (Phi) is 4.31. The number of likely N-dealkylation sites (N-methyl/N-ethyl adjacent to an activating group) is 1. The zero-order valence-electron chi connectivity index (χ0n) is 15.1. The highest BCUT2D eigenvalue weighted by molar-refractivity contribution is 7.90. The fraction of sp³-hybridized carbons (Fsp3) is 0.300. The van der Waals surface area contributed by atoms with Crippen LogP contribution < -0.4 is 0 Å². The molecule has 0 saturated heterocycles. The molecule has 1 unspecified atom stereocenters. The maximum Gasteiger partial charge on any atom is 0.271 e. The number of fused-ring (bicyclic) bond motifs is 3. The van der Waals surface area contributed by atoms with Gasteiger partial charge in [0.2, 0.25) is 0 Å². The van der Waals surface area contributed by atoms with Gasteiger partial charge in [0.15, 0.2) is 0 Å². The summed E-state index contributed by atoms with van der Waals surface area (Å²) in [7, 11) is -0.0727. The monoisotopic (exact) mass is 390 g/mol. The van der Waals surface area contributed by atoms with Crippen LogP contribution in [0.2, 0.25) is 0 Å². The zero-order valence-corrected chi connectivity index (χ0v) is 15.9. The van der Waals surface area contributed by atoms with E-state index in [4.69, 9.17) is 0 Å². The van der Waals surface area contributed by atoms with Crippen molar-refractivity contribution in [1.29, 1.82) is 0 Å². The summed E-state index contributed by atoms with van der Waals surface area (Å²) in [5, 5.41) is 0.866. The summed E-state index contributed by atoms with van der Waals surface area (Å²) >= 11 is 0. The molecule has 3 aromatic rings. The third kappa shape index (κ3) is 2.95. The van der Waals surface area contributed by atoms with Crippen molar-refractivity contribution in [3.63, 3.8) is 0 Å². The predicted molar refractivity (Wildman–Crippen MR) is 100 cm³/mol. The van der Waals surface area contributed by atoms with Gasteiger partial charge in [-0.2, -0.15) is 0 Å². The Morgan fingerprint density at radius 2 is 1.89 bits per heavy atom. The smallest absolute Gasteiger partial charge is 0.271 e. The van der Waals surface area contributed by atoms with Gasteiger partial charge in [-0.25, -0.2) is 21.2 Å². The molecule has 0 N–H and O–H groups in total. The molecule has 142 valence electrons. The topological polar surface area (TPSA) is 42.3 Å². The average molecular weight is 390 g/mol. The normalized spacial score (nSPS) is 17.4. The van der Waals surface area contributed by atoms with Gasteiger partial charge < -0.3 is 4.90 Å². The van der Waals surface area contributed by atoms with E-state index in [0.717, 1.165) is 46.3 Å². The van der Waals surface area contributed by atoms with Crippen LogP contribution >= 0.6 is 0 Å². The van der Waals surface area contributed by atoms with E-state index in [1.807, 2.05) is 20.2 Å². The quantitative estimate of drug-likeness (QED) is 0.687. The van der Waals surface area contributed by atoms with Gasteiger partial charge in [-0.3, -0.25) is 0 Å². The van der Waals surface area contributed by atoms with Crippen LogP contribution in [0.5, 0.6) is 0 Å². The van der Waals surface area contributed by atoms with E-state index in [-0.39, 0.29) is 0 Å². The van der Waals surface area contributed by atoms with Gasteiger partial charge >= 0.3 is 0 Å². The number of hydrogen-bond donors (Lipinski definition) is 0. The Morgan fingerprint density at radius 1 is 1.11 bits per heavy atom. The third-order valence-corrected chi connectivity index (χ3v) is 7.12. The van der Waals surface area contributed by atoms with Gasteiger partial charge in [-0.1, -0.05) is 6.07 Å². The highest BCUT2D eigenvalue weighted by atomic mass is 32.2. The minimum atomic E-state index is -4.16. The van der Waals surface area contributed by atoms with Crippen molar-refractivity contribution >= 4 is 20.9 Å². The molecular formula is C20H20F2N2O2S. The number of aromatic nitrogens is 1. The molecule has 4 nitrogen and oxygen atoms in total. The molecule has 0 aliphatic heterocycles. The van der Waals surface area contributed by atoms with E-state index in [1.54, 1.807) is 12.1 Å². The van der Waals surface area contributed by atoms with E-state index < -0.39 is 26.6 Å². The van der Waals surface area contributed by atoms with Crippen LogP contribution in [0, 0.1) is 11.6 Å². The van der Waals surface area contributed by atoms with E-state index in [9.17, 15) is 17.2 Å². The predicted octanol–water partition coefficient (Wildman–Crippen LogP) is 3.58. The molecule has 1 atom stereocenters. The van der Waals surface area contributed by atoms with Crippen molar-refractivity contribution in [2.75, 3.05) is 14.1 Å². The lowest BCUT2D eigenvalue weighted by molar-refractivity contribution is 0.269. The lowest BCUT2D eigenvalue weighted by Gasteiger charge is -2.30. The maximum atomic E-state index is 14.1. The van der Waals surface area contributed by atoms with Crippen molar-refractivity contribution in [3.05, 3.63) is 65.4 Å². The molecule has 0 spiro atoms. The van der Waals surface area contributed by atoms with Crippen LogP contribution in [0.25, 0.3) is 10.9 Å². The Balaban J connectivity index is 1.86. The molecule has 0 saturated carbocycles. The number of rotatable bonds is 3. The number of aryl methyl sites for hydroxylation is 1. The van der Waals surface area contributed by atoms with E-state index in [1.165, 1.54) is 11.8 Å². The Morgan fingerprint density at radius 3 is 2.59 bits per heavy atom. The van der Waals surface area contributed by atoms with Crippen molar-refractivity contribution in [2.24, 2.45) is 0 Å². The first kappa shape index (κ1) is 18.1. The molecule has 2 aromatic carbocycles. The summed E-state index contributed by atoms with van der Waals surface area (Å²) in [5.74, 6) is -1.91. The van der Waals surface area contributed by atoms with Crippen molar-refractivity contribution in [2.45, 2.75) is 30.2 Å². The summed E-state index contributed by atoms with van der Waals surface area (Å²) in [6, 6.07) is 8.39. The second kappa shape index (κ2) is 6.42. The molecule has 7 heteroatoms. The zero-order chi connectivity index (χ0) is 19.3. The summed E-state index contributed by atoms with van der Waals surface area (Å²) in [6.45, 7) is 0. The van der Waals surface area contributed by atoms with Gasteiger partial charge in [-0.05, 0) is 68.8 Å². The highest BCUT2D eigenvalue weighted by Gasteiger charge is 2.26. The van der Waals surface area contributed by atoms with Gasteiger partial charge in [0.1, 0.15) is 16.5 Å². The lowest BCUT2D eigenvalue weighted by Crippen LogP contribution is -2.33. The Labute approximate surface area is 157 Å². The molecule has 27 heavy (non-hydrogen) atoms. The van der Waals surface area contributed by atoms with Gasteiger partial charge in [-0.15, -0.1) is 0 Å². The molecule has 1 aliphatic carbocycles. The first-order valence-electron chi connectivity index (χ1n) is 8.78. The minimum Gasteiger partial charge on any atom is -0.306 e. The first-order chi connectivity index (χ1) is 12.8. The molecule has 1 heterocycles. The van der Waals surface area contributed by atoms with Crippen LogP contribution in [0.15, 0.2) is 47.5 Å². The summed E-state index contributed by atoms with van der Waals surface area (Å²) in [6.07, 6.45) is 4.29. The van der Waals surface area contributed by atoms with Crippen molar-refractivity contribution < 1.29 is 17.2 Å². The standard InChI is InChI=1S/C20H20F2N2O2S/c1-23(2)15-6-3-13-4-7-19-16(17(13)12-15)9-10-24(19)27(25,26)20-8-5-14(21)11-18(20)22/h4-5,7-11,15H,3,6,12H2,1-2H3. The molecule has 1 aliphatic rings. The fourth-order valence-electron chi connectivity index (χ4n) is 3.87. The minimum absolute atomic E-state index is 0.401. The average Bonchev–Trinajstić information content (AvgIpc) is 3.06.